The summed E-state index contributed by atoms with van der Waals surface area (Å²) in [5.74, 6) is 0. The second-order valence-corrected chi connectivity index (χ2v) is 6.31. The topological polar surface area (TPSA) is 0 Å². The summed E-state index contributed by atoms with van der Waals surface area (Å²) < 4.78 is 0. The van der Waals surface area contributed by atoms with Crippen molar-refractivity contribution in [1.82, 2.24) is 0 Å². The van der Waals surface area contributed by atoms with Crippen LogP contribution in [0.25, 0.3) is 43.1 Å². The van der Waals surface area contributed by atoms with E-state index < -0.39 is 0 Å². The molecule has 0 radical (unpaired) electrons. The van der Waals surface area contributed by atoms with Gasteiger partial charge in [0.15, 0.2) is 0 Å². The normalized spacial score (nSPS) is 11.6. The summed E-state index contributed by atoms with van der Waals surface area (Å²) in [5.41, 5.74) is 2.78. The molecule has 0 spiro atoms. The Bertz CT molecular complexity index is 1180. The van der Waals surface area contributed by atoms with Gasteiger partial charge in [0.05, 0.1) is 0 Å². The number of hydrogen-bond donors (Lipinski definition) is 0. The van der Waals surface area contributed by atoms with Crippen molar-refractivity contribution in [3.8, 4) is 0 Å². The van der Waals surface area contributed by atoms with Crippen LogP contribution < -0.4 is 0 Å². The molecule has 0 unspecified atom stereocenters. The molecule has 5 aromatic rings. The minimum absolute atomic E-state index is 0. The first-order valence-corrected chi connectivity index (χ1v) is 7.81. The third-order valence-electron chi connectivity index (χ3n) is 5.15. The Kier molecular flexibility index (Phi) is 3.17. The van der Waals surface area contributed by atoms with Crippen LogP contribution in [0.2, 0.25) is 0 Å². The maximum absolute atomic E-state index is 2.33. The summed E-state index contributed by atoms with van der Waals surface area (Å²) in [5, 5.41) is 11.1. The fraction of sp³-hybridized carbons (Fsp3) is 0.0909. The molecule has 0 amide bonds. The second kappa shape index (κ2) is 5.00. The summed E-state index contributed by atoms with van der Waals surface area (Å²) in [6.07, 6.45) is 0. The molecule has 0 aromatic heterocycles. The van der Waals surface area contributed by atoms with Gasteiger partial charge in [0.1, 0.15) is 0 Å². The zero-order chi connectivity index (χ0) is 14.8. The van der Waals surface area contributed by atoms with Crippen molar-refractivity contribution in [2.75, 3.05) is 0 Å². The molecule has 0 fully saturated rings. The standard InChI is InChI=1S/C22H16.Li.H/c1-13-12-16-8-5-10-18-17-9-3-6-15-7-4-11-19(21(15)17)20(14(13)2)22(16)18;;/h3-12H,1-2H3;;. The van der Waals surface area contributed by atoms with Crippen LogP contribution in [0, 0.1) is 13.8 Å². The van der Waals surface area contributed by atoms with Crippen LogP contribution in [-0.4, -0.2) is 18.9 Å². The Balaban J connectivity index is 0.00000135. The van der Waals surface area contributed by atoms with E-state index in [0.29, 0.717) is 0 Å². The second-order valence-electron chi connectivity index (χ2n) is 6.31. The molecule has 0 aliphatic rings. The zero-order valence-corrected chi connectivity index (χ0v) is 12.8. The SMILES string of the molecule is Cc1cc2cccc3c4cccc5cccc(c(c1C)c23)c54.[LiH]. The van der Waals surface area contributed by atoms with Crippen LogP contribution >= 0.6 is 0 Å². The Labute approximate surface area is 147 Å². The summed E-state index contributed by atoms with van der Waals surface area (Å²) in [6, 6.07) is 22.4. The van der Waals surface area contributed by atoms with E-state index >= 15 is 0 Å². The van der Waals surface area contributed by atoms with Crippen molar-refractivity contribution in [2.24, 2.45) is 0 Å². The van der Waals surface area contributed by atoms with Gasteiger partial charge in [-0.25, -0.2) is 0 Å². The van der Waals surface area contributed by atoms with Crippen LogP contribution in [0.3, 0.4) is 0 Å². The number of benzene rings is 5. The average molecular weight is 288 g/mol. The molecule has 0 bridgehead atoms. The quantitative estimate of drug-likeness (QED) is 0.195. The molecule has 0 aliphatic carbocycles. The Morgan fingerprint density at radius 1 is 0.565 bits per heavy atom. The van der Waals surface area contributed by atoms with Crippen LogP contribution in [0.1, 0.15) is 11.1 Å². The van der Waals surface area contributed by atoms with Crippen molar-refractivity contribution < 1.29 is 0 Å². The van der Waals surface area contributed by atoms with Crippen LogP contribution in [-0.2, 0) is 0 Å². The summed E-state index contributed by atoms with van der Waals surface area (Å²) >= 11 is 0. The van der Waals surface area contributed by atoms with E-state index in [1.54, 1.807) is 0 Å². The van der Waals surface area contributed by atoms with E-state index in [4.69, 9.17) is 0 Å². The molecule has 5 aromatic carbocycles. The third-order valence-corrected chi connectivity index (χ3v) is 5.15. The van der Waals surface area contributed by atoms with Gasteiger partial charge in [0, 0.05) is 0 Å². The Morgan fingerprint density at radius 2 is 1.13 bits per heavy atom. The molecular formula is C22H17Li. The predicted octanol–water partition coefficient (Wildman–Crippen LogP) is 5.71. The average Bonchev–Trinajstić information content (AvgIpc) is 2.55. The molecule has 0 heterocycles. The molecular weight excluding hydrogens is 271 g/mol. The zero-order valence-electron chi connectivity index (χ0n) is 12.8. The minimum atomic E-state index is 0. The van der Waals surface area contributed by atoms with Crippen LogP contribution in [0.4, 0.5) is 0 Å². The van der Waals surface area contributed by atoms with E-state index in [9.17, 15) is 0 Å². The van der Waals surface area contributed by atoms with Crippen molar-refractivity contribution >= 4 is 62.0 Å². The summed E-state index contributed by atoms with van der Waals surface area (Å²) in [4.78, 5) is 0. The van der Waals surface area contributed by atoms with Gasteiger partial charge in [-0.05, 0) is 68.1 Å². The van der Waals surface area contributed by atoms with Crippen LogP contribution in [0.5, 0.6) is 0 Å². The van der Waals surface area contributed by atoms with Gasteiger partial charge < -0.3 is 0 Å². The van der Waals surface area contributed by atoms with Gasteiger partial charge in [-0.15, -0.1) is 0 Å². The monoisotopic (exact) mass is 288 g/mol. The number of aryl methyl sites for hydroxylation is 2. The first kappa shape index (κ1) is 14.6. The number of fused-ring (bicyclic) bond motifs is 2. The van der Waals surface area contributed by atoms with Crippen molar-refractivity contribution in [2.45, 2.75) is 13.8 Å². The number of rotatable bonds is 0. The Morgan fingerprint density at radius 3 is 1.83 bits per heavy atom. The van der Waals surface area contributed by atoms with Crippen molar-refractivity contribution in [1.29, 1.82) is 0 Å². The van der Waals surface area contributed by atoms with E-state index in [-0.39, 0.29) is 18.9 Å². The third kappa shape index (κ3) is 1.80. The van der Waals surface area contributed by atoms with E-state index in [1.807, 2.05) is 0 Å². The fourth-order valence-corrected chi connectivity index (χ4v) is 4.03. The van der Waals surface area contributed by atoms with Gasteiger partial charge >= 0.3 is 18.9 Å². The molecule has 0 nitrogen and oxygen atoms in total. The fourth-order valence-electron chi connectivity index (χ4n) is 4.03. The molecule has 0 saturated heterocycles. The molecule has 5 rings (SSSR count). The first-order chi connectivity index (χ1) is 10.8. The van der Waals surface area contributed by atoms with Crippen molar-refractivity contribution in [3.05, 3.63) is 71.8 Å². The van der Waals surface area contributed by atoms with Gasteiger partial charge in [-0.1, -0.05) is 60.7 Å². The first-order valence-electron chi connectivity index (χ1n) is 7.81. The molecule has 106 valence electrons. The Hall–Kier alpha value is -2.00. The molecule has 23 heavy (non-hydrogen) atoms. The number of hydrogen-bond acceptors (Lipinski definition) is 0. The molecule has 0 N–H and O–H groups in total. The van der Waals surface area contributed by atoms with Crippen molar-refractivity contribution in [3.63, 3.8) is 0 Å². The summed E-state index contributed by atoms with van der Waals surface area (Å²) in [6.45, 7) is 4.48. The van der Waals surface area contributed by atoms with Gasteiger partial charge in [0.25, 0.3) is 0 Å². The van der Waals surface area contributed by atoms with Crippen LogP contribution in [0.15, 0.2) is 60.7 Å². The molecule has 1 heteroatoms. The maximum atomic E-state index is 2.33. The molecule has 0 aliphatic heterocycles. The summed E-state index contributed by atoms with van der Waals surface area (Å²) in [7, 11) is 0. The van der Waals surface area contributed by atoms with Gasteiger partial charge in [0.2, 0.25) is 0 Å². The predicted molar refractivity (Wildman–Crippen MR) is 104 cm³/mol. The van der Waals surface area contributed by atoms with E-state index in [2.05, 4.69) is 74.5 Å². The van der Waals surface area contributed by atoms with Gasteiger partial charge in [-0.3, -0.25) is 0 Å². The molecule has 0 saturated carbocycles. The molecule has 0 atom stereocenters. The van der Waals surface area contributed by atoms with E-state index in [0.717, 1.165) is 0 Å². The van der Waals surface area contributed by atoms with Gasteiger partial charge in [-0.2, -0.15) is 0 Å². The van der Waals surface area contributed by atoms with E-state index in [1.165, 1.54) is 54.2 Å².